The Morgan fingerprint density at radius 3 is 2.40 bits per heavy atom. The third-order valence-electron chi connectivity index (χ3n) is 1.42. The second-order valence-electron chi connectivity index (χ2n) is 2.30. The minimum atomic E-state index is 0. The molecule has 0 aliphatic rings. The maximum Gasteiger partial charge on any atom is 0.222 e. The Morgan fingerprint density at radius 1 is 1.60 bits per heavy atom. The monoisotopic (exact) mass is 218 g/mol. The summed E-state index contributed by atoms with van der Waals surface area (Å²) < 4.78 is 0. The minimum absolute atomic E-state index is 0. The minimum Gasteiger partial charge on any atom is -0.359 e. The number of rotatable bonds is 3. The van der Waals surface area contributed by atoms with Gasteiger partial charge in [-0.3, -0.25) is 4.79 Å². The molecule has 1 amide bonds. The van der Waals surface area contributed by atoms with Crippen molar-refractivity contribution in [3.8, 4) is 0 Å². The van der Waals surface area contributed by atoms with Crippen LogP contribution < -0.4 is 5.32 Å². The molecule has 0 saturated carbocycles. The largest absolute Gasteiger partial charge is 0.359 e. The summed E-state index contributed by atoms with van der Waals surface area (Å²) in [6.07, 6.45) is 2.06. The molecule has 0 heterocycles. The van der Waals surface area contributed by atoms with Crippen LogP contribution in [-0.2, 0) is 37.5 Å². The molecule has 57 valence electrons. The molecule has 0 aliphatic carbocycles. The molecule has 0 aromatic rings. The van der Waals surface area contributed by atoms with Crippen molar-refractivity contribution in [1.82, 2.24) is 5.32 Å². The summed E-state index contributed by atoms with van der Waals surface area (Å²) in [5.74, 6) is 0.330. The van der Waals surface area contributed by atoms with Gasteiger partial charge in [-0.25, -0.2) is 0 Å². The first-order chi connectivity index (χ1) is 4.22. The molecule has 1 N–H and O–H groups in total. The Bertz CT molecular complexity index is 95.6. The van der Waals surface area contributed by atoms with Gasteiger partial charge in [0.1, 0.15) is 0 Å². The fourth-order valence-electron chi connectivity index (χ4n) is 0.811. The van der Waals surface area contributed by atoms with E-state index in [-0.39, 0.29) is 44.5 Å². The fourth-order valence-corrected chi connectivity index (χ4v) is 0.811. The molecular formula is C7H15NOY. The van der Waals surface area contributed by atoms with E-state index >= 15 is 0 Å². The number of hydrogen-bond acceptors (Lipinski definition) is 1. The molecular weight excluding hydrogens is 203 g/mol. The Labute approximate surface area is 88.0 Å². The molecule has 0 bridgehead atoms. The van der Waals surface area contributed by atoms with Gasteiger partial charge in [-0.1, -0.05) is 20.3 Å². The van der Waals surface area contributed by atoms with Crippen LogP contribution in [0.25, 0.3) is 0 Å². The van der Waals surface area contributed by atoms with Crippen molar-refractivity contribution in [1.29, 1.82) is 0 Å². The summed E-state index contributed by atoms with van der Waals surface area (Å²) in [4.78, 5) is 10.8. The van der Waals surface area contributed by atoms with E-state index in [9.17, 15) is 4.79 Å². The van der Waals surface area contributed by atoms with Crippen molar-refractivity contribution in [2.75, 3.05) is 7.05 Å². The predicted molar refractivity (Wildman–Crippen MR) is 38.1 cm³/mol. The molecule has 0 spiro atoms. The van der Waals surface area contributed by atoms with Gasteiger partial charge in [0.2, 0.25) is 5.91 Å². The van der Waals surface area contributed by atoms with Crippen LogP contribution in [0.4, 0.5) is 0 Å². The van der Waals surface area contributed by atoms with E-state index in [1.807, 2.05) is 6.92 Å². The molecule has 0 fully saturated rings. The molecule has 0 aromatic carbocycles. The van der Waals surface area contributed by atoms with Gasteiger partial charge in [-0.15, -0.1) is 0 Å². The van der Waals surface area contributed by atoms with Gasteiger partial charge in [-0.2, -0.15) is 0 Å². The summed E-state index contributed by atoms with van der Waals surface area (Å²) >= 11 is 0. The van der Waals surface area contributed by atoms with Crippen molar-refractivity contribution in [3.05, 3.63) is 0 Å². The average molecular weight is 218 g/mol. The molecule has 10 heavy (non-hydrogen) atoms. The molecule has 0 aliphatic heterocycles. The van der Waals surface area contributed by atoms with Crippen molar-refractivity contribution in [2.24, 2.45) is 5.92 Å². The quantitative estimate of drug-likeness (QED) is 0.756. The fraction of sp³-hybridized carbons (Fsp3) is 0.857. The Kier molecular flexibility index (Phi) is 10.1. The molecule has 0 rings (SSSR count). The van der Waals surface area contributed by atoms with Gasteiger partial charge in [0.15, 0.2) is 0 Å². The zero-order valence-corrected chi connectivity index (χ0v) is 9.82. The average Bonchev–Trinajstić information content (AvgIpc) is 1.87. The van der Waals surface area contributed by atoms with Crippen LogP contribution in [0.1, 0.15) is 26.7 Å². The Morgan fingerprint density at radius 2 is 2.10 bits per heavy atom. The molecule has 1 unspecified atom stereocenters. The van der Waals surface area contributed by atoms with Crippen LogP contribution in [-0.4, -0.2) is 13.0 Å². The van der Waals surface area contributed by atoms with E-state index in [1.54, 1.807) is 7.05 Å². The number of hydrogen-bond donors (Lipinski definition) is 1. The topological polar surface area (TPSA) is 29.1 Å². The summed E-state index contributed by atoms with van der Waals surface area (Å²) in [6, 6.07) is 0. The Balaban J connectivity index is 0. The van der Waals surface area contributed by atoms with Crippen LogP contribution in [0.15, 0.2) is 0 Å². The maximum absolute atomic E-state index is 10.8. The van der Waals surface area contributed by atoms with Crippen molar-refractivity contribution in [2.45, 2.75) is 26.7 Å². The van der Waals surface area contributed by atoms with E-state index in [0.29, 0.717) is 0 Å². The predicted octanol–water partition coefficient (Wildman–Crippen LogP) is 1.17. The molecule has 3 heteroatoms. The van der Waals surface area contributed by atoms with Gasteiger partial charge in [-0.05, 0) is 6.42 Å². The summed E-state index contributed by atoms with van der Waals surface area (Å²) in [5, 5.41) is 2.61. The Hall–Kier alpha value is 0.574. The third kappa shape index (κ3) is 5.37. The van der Waals surface area contributed by atoms with Gasteiger partial charge in [0.05, 0.1) is 0 Å². The maximum atomic E-state index is 10.8. The van der Waals surface area contributed by atoms with Crippen LogP contribution in [0.5, 0.6) is 0 Å². The molecule has 0 aromatic heterocycles. The van der Waals surface area contributed by atoms with E-state index in [2.05, 4.69) is 12.2 Å². The second kappa shape index (κ2) is 7.68. The summed E-state index contributed by atoms with van der Waals surface area (Å²) in [6.45, 7) is 4.03. The molecule has 1 atom stereocenters. The molecule has 0 saturated heterocycles. The van der Waals surface area contributed by atoms with E-state index in [0.717, 1.165) is 12.8 Å². The number of nitrogens with one attached hydrogen (secondary N) is 1. The zero-order chi connectivity index (χ0) is 7.28. The number of carbonyl (C=O) groups is 1. The molecule has 1 radical (unpaired) electrons. The van der Waals surface area contributed by atoms with Crippen LogP contribution >= 0.6 is 0 Å². The van der Waals surface area contributed by atoms with Gasteiger partial charge in [0.25, 0.3) is 0 Å². The van der Waals surface area contributed by atoms with Crippen molar-refractivity contribution >= 4 is 5.91 Å². The van der Waals surface area contributed by atoms with Gasteiger partial charge in [0, 0.05) is 45.7 Å². The standard InChI is InChI=1S/C7H15NO.Y/c1-4-5-6(2)7(9)8-3;/h6H,4-5H2,1-3H3,(H,8,9);. The third-order valence-corrected chi connectivity index (χ3v) is 1.42. The van der Waals surface area contributed by atoms with Crippen molar-refractivity contribution in [3.63, 3.8) is 0 Å². The van der Waals surface area contributed by atoms with Gasteiger partial charge < -0.3 is 5.32 Å². The van der Waals surface area contributed by atoms with Crippen molar-refractivity contribution < 1.29 is 37.5 Å². The van der Waals surface area contributed by atoms with Crippen LogP contribution in [0, 0.1) is 5.92 Å². The van der Waals surface area contributed by atoms with Crippen LogP contribution in [0.2, 0.25) is 0 Å². The second-order valence-corrected chi connectivity index (χ2v) is 2.30. The zero-order valence-electron chi connectivity index (χ0n) is 6.98. The van der Waals surface area contributed by atoms with E-state index in [4.69, 9.17) is 0 Å². The van der Waals surface area contributed by atoms with E-state index in [1.165, 1.54) is 0 Å². The first-order valence-corrected chi connectivity index (χ1v) is 3.44. The molecule has 2 nitrogen and oxygen atoms in total. The SMILES string of the molecule is CCCC(C)C(=O)NC.[Y]. The normalized spacial score (nSPS) is 11.5. The number of carbonyl (C=O) groups excluding carboxylic acids is 1. The summed E-state index contributed by atoms with van der Waals surface area (Å²) in [5.41, 5.74) is 0. The number of amides is 1. The van der Waals surface area contributed by atoms with E-state index < -0.39 is 0 Å². The first kappa shape index (κ1) is 13.2. The van der Waals surface area contributed by atoms with Crippen LogP contribution in [0.3, 0.4) is 0 Å². The van der Waals surface area contributed by atoms with Gasteiger partial charge >= 0.3 is 0 Å². The first-order valence-electron chi connectivity index (χ1n) is 3.44. The summed E-state index contributed by atoms with van der Waals surface area (Å²) in [7, 11) is 1.68. The smallest absolute Gasteiger partial charge is 0.222 e.